The molecule has 1 aliphatic rings. The third kappa shape index (κ3) is 6.50. The van der Waals surface area contributed by atoms with E-state index in [0.29, 0.717) is 31.9 Å². The molecular weight excluding hydrogens is 433 g/mol. The Kier molecular flexibility index (Phi) is 8.01. The molecule has 0 aliphatic carbocycles. The van der Waals surface area contributed by atoms with Gasteiger partial charge in [-0.05, 0) is 69.4 Å². The van der Waals surface area contributed by atoms with Gasteiger partial charge in [-0.3, -0.25) is 0 Å². The summed E-state index contributed by atoms with van der Waals surface area (Å²) in [5, 5.41) is 11.0. The first kappa shape index (κ1) is 24.6. The number of nitrogens with one attached hydrogen (secondary N) is 2. The standard InChI is InChI=1S/C23H31F3N6O/c1-27-21-16-19(6-9-22(21)32(29-33)15-14-30(2)3)28-18-4-7-20(8-5-18)31-12-10-17(11-13-31)23(24,25)26/h4-9,16-17,27-28H,10-15H2,1-3H3. The van der Waals surface area contributed by atoms with Gasteiger partial charge in [0, 0.05) is 43.7 Å². The van der Waals surface area contributed by atoms with Crippen LogP contribution in [0, 0.1) is 10.8 Å². The van der Waals surface area contributed by atoms with Gasteiger partial charge in [-0.1, -0.05) is 0 Å². The molecule has 3 rings (SSSR count). The zero-order chi connectivity index (χ0) is 24.0. The van der Waals surface area contributed by atoms with E-state index in [1.54, 1.807) is 7.05 Å². The molecule has 10 heteroatoms. The van der Waals surface area contributed by atoms with Crippen LogP contribution in [0.15, 0.2) is 47.8 Å². The average molecular weight is 465 g/mol. The molecule has 0 aromatic heterocycles. The Hall–Kier alpha value is -3.01. The third-order valence-corrected chi connectivity index (χ3v) is 5.88. The Morgan fingerprint density at radius 2 is 1.67 bits per heavy atom. The summed E-state index contributed by atoms with van der Waals surface area (Å²) in [5.41, 5.74) is 4.07. The average Bonchev–Trinajstić information content (AvgIpc) is 2.80. The molecule has 0 saturated carbocycles. The van der Waals surface area contributed by atoms with Crippen molar-refractivity contribution in [3.05, 3.63) is 47.4 Å². The van der Waals surface area contributed by atoms with Gasteiger partial charge in [0.05, 0.1) is 29.1 Å². The minimum Gasteiger partial charge on any atom is -0.386 e. The highest BCUT2D eigenvalue weighted by Gasteiger charge is 2.41. The summed E-state index contributed by atoms with van der Waals surface area (Å²) in [6, 6.07) is 13.3. The highest BCUT2D eigenvalue weighted by atomic mass is 19.4. The fourth-order valence-corrected chi connectivity index (χ4v) is 3.93. The van der Waals surface area contributed by atoms with E-state index in [9.17, 15) is 18.1 Å². The molecule has 0 spiro atoms. The summed E-state index contributed by atoms with van der Waals surface area (Å²) in [7, 11) is 5.66. The van der Waals surface area contributed by atoms with E-state index in [2.05, 4.69) is 15.9 Å². The third-order valence-electron chi connectivity index (χ3n) is 5.88. The minimum absolute atomic E-state index is 0.129. The molecule has 2 N–H and O–H groups in total. The maximum Gasteiger partial charge on any atom is 0.391 e. The molecule has 7 nitrogen and oxygen atoms in total. The van der Waals surface area contributed by atoms with E-state index in [0.717, 1.165) is 22.7 Å². The monoisotopic (exact) mass is 464 g/mol. The highest BCUT2D eigenvalue weighted by Crippen LogP contribution is 2.36. The lowest BCUT2D eigenvalue weighted by molar-refractivity contribution is -0.179. The largest absolute Gasteiger partial charge is 0.391 e. The second-order valence-corrected chi connectivity index (χ2v) is 8.46. The molecule has 0 bridgehead atoms. The molecule has 1 aliphatic heterocycles. The van der Waals surface area contributed by atoms with Gasteiger partial charge in [-0.25, -0.2) is 5.01 Å². The first-order valence-corrected chi connectivity index (χ1v) is 11.0. The van der Waals surface area contributed by atoms with E-state index in [1.165, 1.54) is 5.01 Å². The number of halogens is 3. The van der Waals surface area contributed by atoms with Gasteiger partial charge in [0.25, 0.3) is 0 Å². The van der Waals surface area contributed by atoms with E-state index in [-0.39, 0.29) is 12.8 Å². The molecule has 180 valence electrons. The van der Waals surface area contributed by atoms with Crippen molar-refractivity contribution in [1.82, 2.24) is 4.90 Å². The van der Waals surface area contributed by atoms with Crippen molar-refractivity contribution in [2.75, 3.05) is 67.9 Å². The van der Waals surface area contributed by atoms with Gasteiger partial charge in [0.1, 0.15) is 0 Å². The maximum atomic E-state index is 12.9. The van der Waals surface area contributed by atoms with Crippen molar-refractivity contribution >= 4 is 28.4 Å². The van der Waals surface area contributed by atoms with E-state index < -0.39 is 12.1 Å². The number of benzene rings is 2. The van der Waals surface area contributed by atoms with Gasteiger partial charge in [0.2, 0.25) is 0 Å². The Morgan fingerprint density at radius 3 is 2.21 bits per heavy atom. The van der Waals surface area contributed by atoms with Crippen molar-refractivity contribution in [3.8, 4) is 0 Å². The number of anilines is 5. The van der Waals surface area contributed by atoms with Crippen LogP contribution in [-0.2, 0) is 0 Å². The number of nitrogens with zero attached hydrogens (tertiary/aromatic N) is 4. The van der Waals surface area contributed by atoms with Crippen molar-refractivity contribution in [1.29, 1.82) is 0 Å². The van der Waals surface area contributed by atoms with Gasteiger partial charge < -0.3 is 20.4 Å². The summed E-state index contributed by atoms with van der Waals surface area (Å²) in [5.74, 6) is -1.20. The van der Waals surface area contributed by atoms with Crippen LogP contribution in [0.25, 0.3) is 0 Å². The minimum atomic E-state index is -4.10. The van der Waals surface area contributed by atoms with Crippen LogP contribution in [-0.4, -0.2) is 58.4 Å². The van der Waals surface area contributed by atoms with Crippen molar-refractivity contribution < 1.29 is 13.2 Å². The molecule has 1 fully saturated rings. The van der Waals surface area contributed by atoms with Gasteiger partial charge in [0.15, 0.2) is 0 Å². The summed E-state index contributed by atoms with van der Waals surface area (Å²) >= 11 is 0. The summed E-state index contributed by atoms with van der Waals surface area (Å²) in [6.07, 6.45) is -3.85. The fraction of sp³-hybridized carbons (Fsp3) is 0.478. The SMILES string of the molecule is CNc1cc(Nc2ccc(N3CCC(C(F)(F)F)CC3)cc2)ccc1N(CCN(C)C)N=O. The van der Waals surface area contributed by atoms with E-state index in [4.69, 9.17) is 0 Å². The fourth-order valence-electron chi connectivity index (χ4n) is 3.93. The number of rotatable bonds is 9. The molecule has 2 aromatic carbocycles. The lowest BCUT2D eigenvalue weighted by Gasteiger charge is -2.34. The Morgan fingerprint density at radius 1 is 1.03 bits per heavy atom. The summed E-state index contributed by atoms with van der Waals surface area (Å²) in [6.45, 7) is 1.97. The number of alkyl halides is 3. The number of hydrogen-bond donors (Lipinski definition) is 2. The second-order valence-electron chi connectivity index (χ2n) is 8.46. The van der Waals surface area contributed by atoms with Crippen LogP contribution in [0.3, 0.4) is 0 Å². The maximum absolute atomic E-state index is 12.9. The molecule has 2 aromatic rings. The van der Waals surface area contributed by atoms with Crippen LogP contribution in [0.1, 0.15) is 12.8 Å². The van der Waals surface area contributed by atoms with Gasteiger partial charge in [-0.15, -0.1) is 4.91 Å². The second kappa shape index (κ2) is 10.7. The highest BCUT2D eigenvalue weighted by molar-refractivity contribution is 5.76. The smallest absolute Gasteiger partial charge is 0.386 e. The molecule has 0 atom stereocenters. The van der Waals surface area contributed by atoms with Gasteiger partial charge >= 0.3 is 6.18 Å². The topological polar surface area (TPSA) is 63.2 Å². The number of likely N-dealkylation sites (N-methyl/N-ethyl adjacent to an activating group) is 1. The number of nitroso groups, excluding NO2 is 1. The Labute approximate surface area is 192 Å². The molecule has 0 radical (unpaired) electrons. The predicted molar refractivity (Wildman–Crippen MR) is 128 cm³/mol. The van der Waals surface area contributed by atoms with Crippen molar-refractivity contribution in [3.63, 3.8) is 0 Å². The number of piperidine rings is 1. The Balaban J connectivity index is 1.64. The number of hydrogen-bond acceptors (Lipinski definition) is 6. The lowest BCUT2D eigenvalue weighted by Crippen LogP contribution is -2.38. The molecule has 0 unspecified atom stereocenters. The van der Waals surface area contributed by atoms with Crippen molar-refractivity contribution in [2.24, 2.45) is 11.2 Å². The lowest BCUT2D eigenvalue weighted by atomic mass is 9.96. The van der Waals surface area contributed by atoms with Crippen LogP contribution < -0.4 is 20.5 Å². The Bertz CT molecular complexity index is 911. The molecule has 0 amide bonds. The van der Waals surface area contributed by atoms with Crippen molar-refractivity contribution in [2.45, 2.75) is 19.0 Å². The zero-order valence-corrected chi connectivity index (χ0v) is 19.2. The van der Waals surface area contributed by atoms with E-state index in [1.807, 2.05) is 66.4 Å². The van der Waals surface area contributed by atoms with Crippen LogP contribution >= 0.6 is 0 Å². The summed E-state index contributed by atoms with van der Waals surface area (Å²) in [4.78, 5) is 15.3. The normalized spacial score (nSPS) is 14.9. The predicted octanol–water partition coefficient (Wildman–Crippen LogP) is 5.30. The zero-order valence-electron chi connectivity index (χ0n) is 19.2. The van der Waals surface area contributed by atoms with Crippen LogP contribution in [0.2, 0.25) is 0 Å². The quantitative estimate of drug-likeness (QED) is 0.388. The van der Waals surface area contributed by atoms with Crippen LogP contribution in [0.5, 0.6) is 0 Å². The molecule has 33 heavy (non-hydrogen) atoms. The summed E-state index contributed by atoms with van der Waals surface area (Å²) < 4.78 is 38.7. The molecule has 1 saturated heterocycles. The van der Waals surface area contributed by atoms with Gasteiger partial charge in [-0.2, -0.15) is 13.2 Å². The van der Waals surface area contributed by atoms with Crippen LogP contribution in [0.4, 0.5) is 41.6 Å². The first-order chi connectivity index (χ1) is 15.7. The molecule has 1 heterocycles. The molecular formula is C23H31F3N6O. The van der Waals surface area contributed by atoms with E-state index >= 15 is 0 Å². The first-order valence-electron chi connectivity index (χ1n) is 11.0.